The molecule has 14 heavy (non-hydrogen) atoms. The lowest BCUT2D eigenvalue weighted by molar-refractivity contribution is 0.378. The third-order valence-electron chi connectivity index (χ3n) is 3.18. The maximum absolute atomic E-state index is 3.60. The zero-order valence-electron chi connectivity index (χ0n) is 9.46. The average molecular weight is 189 g/mol. The predicted octanol–water partition coefficient (Wildman–Crippen LogP) is 2.92. The van der Waals surface area contributed by atoms with E-state index in [9.17, 15) is 0 Å². The summed E-state index contributed by atoms with van der Waals surface area (Å²) in [4.78, 5) is 0. The molecule has 2 unspecified atom stereocenters. The van der Waals surface area contributed by atoms with Gasteiger partial charge in [-0.2, -0.15) is 0 Å². The summed E-state index contributed by atoms with van der Waals surface area (Å²) in [6, 6.07) is 11.3. The quantitative estimate of drug-likeness (QED) is 0.674. The van der Waals surface area contributed by atoms with Gasteiger partial charge in [0.2, 0.25) is 0 Å². The van der Waals surface area contributed by atoms with Crippen LogP contribution >= 0.6 is 0 Å². The number of hydrogen-bond donors (Lipinski definition) is 1. The molecule has 1 nitrogen and oxygen atoms in total. The highest BCUT2D eigenvalue weighted by Crippen LogP contribution is 2.46. The van der Waals surface area contributed by atoms with E-state index >= 15 is 0 Å². The Labute approximate surface area is 86.5 Å². The predicted molar refractivity (Wildman–Crippen MR) is 60.2 cm³/mol. The van der Waals surface area contributed by atoms with Crippen molar-refractivity contribution >= 4 is 0 Å². The lowest BCUT2D eigenvalue weighted by atomic mass is 9.82. The second kappa shape index (κ2) is 2.83. The molecule has 1 aliphatic rings. The molecule has 1 N–H and O–H groups in total. The molecule has 1 heteroatoms. The van der Waals surface area contributed by atoms with Crippen molar-refractivity contribution in [1.82, 2.24) is 5.32 Å². The van der Waals surface area contributed by atoms with E-state index < -0.39 is 0 Å². The van der Waals surface area contributed by atoms with Crippen LogP contribution in [0.5, 0.6) is 0 Å². The minimum atomic E-state index is 0.194. The Hall–Kier alpha value is -0.820. The van der Waals surface area contributed by atoms with Crippen molar-refractivity contribution in [2.45, 2.75) is 39.3 Å². The fourth-order valence-corrected chi connectivity index (χ4v) is 2.38. The van der Waals surface area contributed by atoms with Crippen LogP contribution in [0.2, 0.25) is 0 Å². The summed E-state index contributed by atoms with van der Waals surface area (Å²) in [5, 5.41) is 3.60. The van der Waals surface area contributed by atoms with E-state index in [-0.39, 0.29) is 5.54 Å². The van der Waals surface area contributed by atoms with E-state index in [1.54, 1.807) is 0 Å². The zero-order valence-corrected chi connectivity index (χ0v) is 9.46. The van der Waals surface area contributed by atoms with Crippen molar-refractivity contribution in [3.63, 3.8) is 0 Å². The molecule has 0 aromatic heterocycles. The largest absolute Gasteiger partial charge is 0.301 e. The van der Waals surface area contributed by atoms with Crippen LogP contribution in [-0.2, 0) is 5.54 Å². The summed E-state index contributed by atoms with van der Waals surface area (Å²) in [6.07, 6.45) is 0. The first-order valence-corrected chi connectivity index (χ1v) is 5.28. The van der Waals surface area contributed by atoms with Gasteiger partial charge in [0.1, 0.15) is 0 Å². The van der Waals surface area contributed by atoms with Crippen LogP contribution in [0.15, 0.2) is 30.3 Å². The molecular formula is C13H19N. The average Bonchev–Trinajstić information content (AvgIpc) is 2.81. The molecule has 0 bridgehead atoms. The van der Waals surface area contributed by atoms with Gasteiger partial charge in [0.25, 0.3) is 0 Å². The summed E-state index contributed by atoms with van der Waals surface area (Å²) in [5.41, 5.74) is 1.93. The molecule has 76 valence electrons. The maximum Gasteiger partial charge on any atom is 0.0569 e. The molecule has 0 amide bonds. The van der Waals surface area contributed by atoms with E-state index in [1.807, 2.05) is 0 Å². The topological polar surface area (TPSA) is 21.9 Å². The molecule has 2 rings (SSSR count). The molecule has 1 saturated heterocycles. The van der Waals surface area contributed by atoms with Gasteiger partial charge >= 0.3 is 0 Å². The van der Waals surface area contributed by atoms with E-state index in [2.05, 4.69) is 63.3 Å². The maximum atomic E-state index is 3.60. The number of rotatable bonds is 1. The molecule has 0 saturated carbocycles. The van der Waals surface area contributed by atoms with Crippen LogP contribution in [-0.4, -0.2) is 6.04 Å². The molecule has 2 atom stereocenters. The lowest BCUT2D eigenvalue weighted by Gasteiger charge is -2.20. The first kappa shape index (κ1) is 9.72. The van der Waals surface area contributed by atoms with Gasteiger partial charge in [-0.1, -0.05) is 51.1 Å². The fourth-order valence-electron chi connectivity index (χ4n) is 2.38. The van der Waals surface area contributed by atoms with Gasteiger partial charge in [0.05, 0.1) is 5.54 Å². The zero-order chi connectivity index (χ0) is 10.4. The third-order valence-corrected chi connectivity index (χ3v) is 3.18. The van der Waals surface area contributed by atoms with Crippen LogP contribution < -0.4 is 5.32 Å². The number of hydrogen-bond acceptors (Lipinski definition) is 1. The standard InChI is InChI=1S/C13H19N/c1-12(2,3)11-13(4,14-11)10-8-6-5-7-9-10/h5-9,11,14H,1-4H3. The second-order valence-electron chi connectivity index (χ2n) is 5.51. The molecule has 0 spiro atoms. The Morgan fingerprint density at radius 1 is 1.14 bits per heavy atom. The Morgan fingerprint density at radius 2 is 1.71 bits per heavy atom. The van der Waals surface area contributed by atoms with Crippen LogP contribution in [0.3, 0.4) is 0 Å². The molecule has 1 aromatic rings. The van der Waals surface area contributed by atoms with Crippen LogP contribution in [0.25, 0.3) is 0 Å². The van der Waals surface area contributed by atoms with Crippen molar-refractivity contribution in [2.24, 2.45) is 5.41 Å². The van der Waals surface area contributed by atoms with E-state index in [1.165, 1.54) is 5.56 Å². The fraction of sp³-hybridized carbons (Fsp3) is 0.538. The second-order valence-corrected chi connectivity index (χ2v) is 5.51. The summed E-state index contributed by atoms with van der Waals surface area (Å²) in [6.45, 7) is 9.16. The summed E-state index contributed by atoms with van der Waals surface area (Å²) in [5.74, 6) is 0. The van der Waals surface area contributed by atoms with Gasteiger partial charge in [-0.15, -0.1) is 0 Å². The van der Waals surface area contributed by atoms with Crippen LogP contribution in [0, 0.1) is 5.41 Å². The van der Waals surface area contributed by atoms with Crippen LogP contribution in [0.1, 0.15) is 33.3 Å². The third kappa shape index (κ3) is 1.46. The van der Waals surface area contributed by atoms with Crippen molar-refractivity contribution in [2.75, 3.05) is 0 Å². The highest BCUT2D eigenvalue weighted by atomic mass is 15.2. The molecule has 1 aliphatic heterocycles. The van der Waals surface area contributed by atoms with Crippen LogP contribution in [0.4, 0.5) is 0 Å². The number of nitrogens with one attached hydrogen (secondary N) is 1. The Morgan fingerprint density at radius 3 is 2.14 bits per heavy atom. The Kier molecular flexibility index (Phi) is 1.97. The van der Waals surface area contributed by atoms with Crippen molar-refractivity contribution < 1.29 is 0 Å². The minimum Gasteiger partial charge on any atom is -0.301 e. The number of benzene rings is 1. The van der Waals surface area contributed by atoms with E-state index in [0.717, 1.165) is 0 Å². The summed E-state index contributed by atoms with van der Waals surface area (Å²) in [7, 11) is 0. The molecule has 1 fully saturated rings. The highest BCUT2D eigenvalue weighted by Gasteiger charge is 2.55. The first-order chi connectivity index (χ1) is 6.44. The Bertz CT molecular complexity index is 323. The van der Waals surface area contributed by atoms with Crippen molar-refractivity contribution in [3.05, 3.63) is 35.9 Å². The summed E-state index contributed by atoms with van der Waals surface area (Å²) >= 11 is 0. The van der Waals surface area contributed by atoms with E-state index in [4.69, 9.17) is 0 Å². The first-order valence-electron chi connectivity index (χ1n) is 5.28. The smallest absolute Gasteiger partial charge is 0.0569 e. The van der Waals surface area contributed by atoms with Gasteiger partial charge < -0.3 is 5.32 Å². The summed E-state index contributed by atoms with van der Waals surface area (Å²) < 4.78 is 0. The van der Waals surface area contributed by atoms with E-state index in [0.29, 0.717) is 11.5 Å². The normalized spacial score (nSPS) is 31.6. The van der Waals surface area contributed by atoms with Gasteiger partial charge in [0, 0.05) is 6.04 Å². The van der Waals surface area contributed by atoms with Crippen molar-refractivity contribution in [3.8, 4) is 0 Å². The SMILES string of the molecule is CC(C)(C)C1NC1(C)c1ccccc1. The highest BCUT2D eigenvalue weighted by molar-refractivity contribution is 5.34. The minimum absolute atomic E-state index is 0.194. The molecule has 0 aliphatic carbocycles. The molecule has 0 radical (unpaired) electrons. The van der Waals surface area contributed by atoms with Gasteiger partial charge in [-0.3, -0.25) is 0 Å². The molecule has 1 heterocycles. The van der Waals surface area contributed by atoms with Gasteiger partial charge in [-0.05, 0) is 17.9 Å². The van der Waals surface area contributed by atoms with Gasteiger partial charge in [-0.25, -0.2) is 0 Å². The molecular weight excluding hydrogens is 170 g/mol. The monoisotopic (exact) mass is 189 g/mol. The van der Waals surface area contributed by atoms with Gasteiger partial charge in [0.15, 0.2) is 0 Å². The van der Waals surface area contributed by atoms with Crippen molar-refractivity contribution in [1.29, 1.82) is 0 Å². The molecule has 1 aromatic carbocycles. The Balaban J connectivity index is 2.23. The lowest BCUT2D eigenvalue weighted by Crippen LogP contribution is -2.21.